The summed E-state index contributed by atoms with van der Waals surface area (Å²) in [6, 6.07) is 0. The number of nitrogens with one attached hydrogen (secondary N) is 1. The highest BCUT2D eigenvalue weighted by Gasteiger charge is 2.26. The largest absolute Gasteiger partial charge is 0.396 e. The van der Waals surface area contributed by atoms with Gasteiger partial charge in [-0.15, -0.1) is 0 Å². The van der Waals surface area contributed by atoms with Gasteiger partial charge in [-0.25, -0.2) is 0 Å². The second-order valence-electron chi connectivity index (χ2n) is 3.42. The standard InChI is InChI=1S/C8H17NO/c1-8(5-3-7-10)4-2-6-9-8/h9-10H,2-7H2,1H3. The summed E-state index contributed by atoms with van der Waals surface area (Å²) in [6.07, 6.45) is 4.61. The van der Waals surface area contributed by atoms with Crippen molar-refractivity contribution in [2.75, 3.05) is 13.2 Å². The molecule has 1 heterocycles. The monoisotopic (exact) mass is 143 g/mol. The first-order chi connectivity index (χ1) is 4.77. The van der Waals surface area contributed by atoms with Crippen LogP contribution in [-0.4, -0.2) is 23.8 Å². The Labute approximate surface area is 62.6 Å². The highest BCUT2D eigenvalue weighted by atomic mass is 16.2. The van der Waals surface area contributed by atoms with E-state index in [2.05, 4.69) is 12.2 Å². The van der Waals surface area contributed by atoms with Crippen LogP contribution in [0.15, 0.2) is 0 Å². The Balaban J connectivity index is 2.22. The van der Waals surface area contributed by atoms with Crippen LogP contribution in [0.1, 0.15) is 32.6 Å². The fourth-order valence-electron chi connectivity index (χ4n) is 1.64. The minimum absolute atomic E-state index is 0.331. The van der Waals surface area contributed by atoms with Gasteiger partial charge in [0, 0.05) is 12.1 Å². The highest BCUT2D eigenvalue weighted by molar-refractivity contribution is 4.87. The van der Waals surface area contributed by atoms with Gasteiger partial charge in [-0.3, -0.25) is 0 Å². The summed E-state index contributed by atoms with van der Waals surface area (Å²) < 4.78 is 0. The third kappa shape index (κ3) is 1.96. The van der Waals surface area contributed by atoms with E-state index in [0.29, 0.717) is 12.1 Å². The van der Waals surface area contributed by atoms with Crippen molar-refractivity contribution in [3.05, 3.63) is 0 Å². The van der Waals surface area contributed by atoms with Crippen LogP contribution in [0.2, 0.25) is 0 Å². The van der Waals surface area contributed by atoms with Gasteiger partial charge < -0.3 is 10.4 Å². The van der Waals surface area contributed by atoms with Crippen molar-refractivity contribution in [2.45, 2.75) is 38.1 Å². The molecule has 1 saturated heterocycles. The van der Waals surface area contributed by atoms with Crippen LogP contribution in [0.5, 0.6) is 0 Å². The summed E-state index contributed by atoms with van der Waals surface area (Å²) in [5, 5.41) is 12.1. The van der Waals surface area contributed by atoms with Crippen molar-refractivity contribution in [2.24, 2.45) is 0 Å². The zero-order chi connectivity index (χ0) is 7.45. The molecule has 0 aliphatic carbocycles. The Morgan fingerprint density at radius 3 is 2.90 bits per heavy atom. The van der Waals surface area contributed by atoms with E-state index in [1.54, 1.807) is 0 Å². The summed E-state index contributed by atoms with van der Waals surface area (Å²) in [5.41, 5.74) is 0.336. The predicted octanol–water partition coefficient (Wildman–Crippen LogP) is 0.901. The zero-order valence-electron chi connectivity index (χ0n) is 6.69. The number of rotatable bonds is 3. The molecule has 2 nitrogen and oxygen atoms in total. The van der Waals surface area contributed by atoms with Crippen LogP contribution in [0.25, 0.3) is 0 Å². The summed E-state index contributed by atoms with van der Waals surface area (Å²) >= 11 is 0. The van der Waals surface area contributed by atoms with E-state index in [-0.39, 0.29) is 0 Å². The van der Waals surface area contributed by atoms with E-state index >= 15 is 0 Å². The first kappa shape index (κ1) is 8.02. The van der Waals surface area contributed by atoms with Crippen LogP contribution in [0.4, 0.5) is 0 Å². The Hall–Kier alpha value is -0.0800. The van der Waals surface area contributed by atoms with Crippen LogP contribution in [0, 0.1) is 0 Å². The maximum Gasteiger partial charge on any atom is 0.0431 e. The minimum Gasteiger partial charge on any atom is -0.396 e. The lowest BCUT2D eigenvalue weighted by molar-refractivity contribution is 0.257. The van der Waals surface area contributed by atoms with E-state index in [4.69, 9.17) is 5.11 Å². The lowest BCUT2D eigenvalue weighted by Gasteiger charge is -2.23. The third-order valence-electron chi connectivity index (χ3n) is 2.34. The van der Waals surface area contributed by atoms with Gasteiger partial charge >= 0.3 is 0 Å². The quantitative estimate of drug-likeness (QED) is 0.615. The molecule has 1 rings (SSSR count). The topological polar surface area (TPSA) is 32.3 Å². The fraction of sp³-hybridized carbons (Fsp3) is 1.00. The molecule has 1 fully saturated rings. The first-order valence-corrected chi connectivity index (χ1v) is 4.13. The van der Waals surface area contributed by atoms with Crippen LogP contribution in [-0.2, 0) is 0 Å². The summed E-state index contributed by atoms with van der Waals surface area (Å²) in [7, 11) is 0. The number of aliphatic hydroxyl groups is 1. The van der Waals surface area contributed by atoms with Gasteiger partial charge in [0.25, 0.3) is 0 Å². The van der Waals surface area contributed by atoms with E-state index in [9.17, 15) is 0 Å². The molecule has 0 spiro atoms. The molecule has 1 aliphatic rings. The molecule has 0 amide bonds. The Morgan fingerprint density at radius 1 is 1.60 bits per heavy atom. The lowest BCUT2D eigenvalue weighted by Crippen LogP contribution is -2.36. The first-order valence-electron chi connectivity index (χ1n) is 4.13. The maximum atomic E-state index is 8.61. The average Bonchev–Trinajstić information content (AvgIpc) is 2.33. The lowest BCUT2D eigenvalue weighted by atomic mass is 9.94. The summed E-state index contributed by atoms with van der Waals surface area (Å²) in [4.78, 5) is 0. The molecule has 0 aromatic rings. The van der Waals surface area contributed by atoms with Gasteiger partial charge in [0.05, 0.1) is 0 Å². The fourth-order valence-corrected chi connectivity index (χ4v) is 1.64. The molecule has 10 heavy (non-hydrogen) atoms. The van der Waals surface area contributed by atoms with E-state index in [1.807, 2.05) is 0 Å². The molecule has 1 atom stereocenters. The highest BCUT2D eigenvalue weighted by Crippen LogP contribution is 2.23. The number of hydrogen-bond acceptors (Lipinski definition) is 2. The van der Waals surface area contributed by atoms with Gasteiger partial charge in [-0.05, 0) is 39.2 Å². The van der Waals surface area contributed by atoms with E-state index < -0.39 is 0 Å². The molecule has 0 aromatic heterocycles. The summed E-state index contributed by atoms with van der Waals surface area (Å²) in [5.74, 6) is 0. The van der Waals surface area contributed by atoms with E-state index in [0.717, 1.165) is 19.4 Å². The number of aliphatic hydroxyl groups excluding tert-OH is 1. The van der Waals surface area contributed by atoms with Crippen molar-refractivity contribution in [1.29, 1.82) is 0 Å². The number of hydrogen-bond donors (Lipinski definition) is 2. The zero-order valence-corrected chi connectivity index (χ0v) is 6.69. The van der Waals surface area contributed by atoms with Gasteiger partial charge in [0.15, 0.2) is 0 Å². The van der Waals surface area contributed by atoms with Crippen LogP contribution in [0.3, 0.4) is 0 Å². The molecular formula is C8H17NO. The summed E-state index contributed by atoms with van der Waals surface area (Å²) in [6.45, 7) is 3.73. The predicted molar refractivity (Wildman–Crippen MR) is 42.0 cm³/mol. The molecule has 2 N–H and O–H groups in total. The van der Waals surface area contributed by atoms with Gasteiger partial charge in [-0.2, -0.15) is 0 Å². The van der Waals surface area contributed by atoms with Crippen molar-refractivity contribution >= 4 is 0 Å². The molecule has 60 valence electrons. The van der Waals surface area contributed by atoms with Crippen molar-refractivity contribution in [1.82, 2.24) is 5.32 Å². The van der Waals surface area contributed by atoms with Crippen molar-refractivity contribution < 1.29 is 5.11 Å². The smallest absolute Gasteiger partial charge is 0.0431 e. The molecule has 0 saturated carbocycles. The van der Waals surface area contributed by atoms with Gasteiger partial charge in [0.1, 0.15) is 0 Å². The molecule has 0 bridgehead atoms. The van der Waals surface area contributed by atoms with Gasteiger partial charge in [-0.1, -0.05) is 0 Å². The average molecular weight is 143 g/mol. The normalized spacial score (nSPS) is 33.0. The van der Waals surface area contributed by atoms with Crippen molar-refractivity contribution in [3.8, 4) is 0 Å². The van der Waals surface area contributed by atoms with Crippen LogP contribution >= 0.6 is 0 Å². The molecule has 1 unspecified atom stereocenters. The SMILES string of the molecule is CC1(CCCO)CCCN1. The Morgan fingerprint density at radius 2 is 2.40 bits per heavy atom. The van der Waals surface area contributed by atoms with E-state index in [1.165, 1.54) is 12.8 Å². The molecule has 0 radical (unpaired) electrons. The van der Waals surface area contributed by atoms with Gasteiger partial charge in [0.2, 0.25) is 0 Å². The second-order valence-corrected chi connectivity index (χ2v) is 3.42. The molecule has 0 aromatic carbocycles. The second kappa shape index (κ2) is 3.35. The third-order valence-corrected chi connectivity index (χ3v) is 2.34. The molecule has 2 heteroatoms. The maximum absolute atomic E-state index is 8.61. The minimum atomic E-state index is 0.331. The Kier molecular flexibility index (Phi) is 2.69. The van der Waals surface area contributed by atoms with Crippen molar-refractivity contribution in [3.63, 3.8) is 0 Å². The Bertz CT molecular complexity index is 97.4. The molecule has 1 aliphatic heterocycles. The molecular weight excluding hydrogens is 126 g/mol. The van der Waals surface area contributed by atoms with Crippen LogP contribution < -0.4 is 5.32 Å².